The highest BCUT2D eigenvalue weighted by Crippen LogP contribution is 2.29. The smallest absolute Gasteiger partial charge is 0.275 e. The van der Waals surface area contributed by atoms with Crippen molar-refractivity contribution in [2.24, 2.45) is 5.10 Å². The monoisotopic (exact) mass is 494 g/mol. The van der Waals surface area contributed by atoms with Gasteiger partial charge in [0.25, 0.3) is 5.91 Å². The molecule has 6 nitrogen and oxygen atoms in total. The molecule has 0 radical (unpaired) electrons. The Hall–Kier alpha value is -3.74. The number of phenolic OH excluding ortho intramolecular Hbond substituents is 1. The van der Waals surface area contributed by atoms with Crippen LogP contribution >= 0.6 is 23.2 Å². The summed E-state index contributed by atoms with van der Waals surface area (Å²) in [5.41, 5.74) is 4.06. The molecule has 0 spiro atoms. The first-order chi connectivity index (χ1) is 16.4. The van der Waals surface area contributed by atoms with Gasteiger partial charge in [0.15, 0.2) is 0 Å². The molecule has 0 atom stereocenters. The lowest BCUT2D eigenvalue weighted by atomic mass is 10.1. The second-order valence-electron chi connectivity index (χ2n) is 7.35. The Morgan fingerprint density at radius 2 is 1.74 bits per heavy atom. The van der Waals surface area contributed by atoms with Crippen LogP contribution in [0.2, 0.25) is 10.0 Å². The molecule has 0 saturated heterocycles. The molecular weight excluding hydrogens is 475 g/mol. The summed E-state index contributed by atoms with van der Waals surface area (Å²) >= 11 is 12.1. The van der Waals surface area contributed by atoms with E-state index in [1.54, 1.807) is 49.6 Å². The first kappa shape index (κ1) is 23.4. The number of hydrogen-bond acceptors (Lipinski definition) is 5. The van der Waals surface area contributed by atoms with E-state index in [1.807, 2.05) is 30.3 Å². The molecule has 0 aliphatic heterocycles. The third kappa shape index (κ3) is 5.42. The van der Waals surface area contributed by atoms with Crippen LogP contribution in [0.15, 0.2) is 77.9 Å². The highest BCUT2D eigenvalue weighted by molar-refractivity contribution is 6.35. The minimum Gasteiger partial charge on any atom is -0.507 e. The number of amides is 1. The lowest BCUT2D eigenvalue weighted by molar-refractivity contribution is 0.0952. The van der Waals surface area contributed by atoms with Gasteiger partial charge in [-0.05, 0) is 64.9 Å². The quantitative estimate of drug-likeness (QED) is 0.236. The number of rotatable bonds is 7. The molecule has 0 unspecified atom stereocenters. The number of carbonyl (C=O) groups is 1. The lowest BCUT2D eigenvalue weighted by Gasteiger charge is -2.12. The van der Waals surface area contributed by atoms with E-state index in [0.29, 0.717) is 27.1 Å². The van der Waals surface area contributed by atoms with Gasteiger partial charge in [-0.25, -0.2) is 5.43 Å². The summed E-state index contributed by atoms with van der Waals surface area (Å²) in [6.45, 7) is 0.198. The van der Waals surface area contributed by atoms with Crippen LogP contribution in [0.3, 0.4) is 0 Å². The molecule has 0 fully saturated rings. The van der Waals surface area contributed by atoms with Crippen molar-refractivity contribution in [3.63, 3.8) is 0 Å². The fourth-order valence-corrected chi connectivity index (χ4v) is 3.84. The summed E-state index contributed by atoms with van der Waals surface area (Å²) in [5, 5.41) is 16.9. The van der Waals surface area contributed by atoms with Gasteiger partial charge in [-0.2, -0.15) is 5.10 Å². The number of hydrogen-bond donors (Lipinski definition) is 2. The van der Waals surface area contributed by atoms with Crippen LogP contribution < -0.4 is 14.9 Å². The van der Waals surface area contributed by atoms with Crippen LogP contribution in [0.5, 0.6) is 17.2 Å². The van der Waals surface area contributed by atoms with Crippen LogP contribution in [0.1, 0.15) is 21.5 Å². The number of fused-ring (bicyclic) bond motifs is 1. The summed E-state index contributed by atoms with van der Waals surface area (Å²) in [6, 6.07) is 21.0. The van der Waals surface area contributed by atoms with Gasteiger partial charge < -0.3 is 14.6 Å². The van der Waals surface area contributed by atoms with Crippen molar-refractivity contribution in [1.29, 1.82) is 0 Å². The minimum absolute atomic E-state index is 0.115. The van der Waals surface area contributed by atoms with E-state index < -0.39 is 5.91 Å². The second kappa shape index (κ2) is 10.5. The van der Waals surface area contributed by atoms with Gasteiger partial charge in [-0.15, -0.1) is 0 Å². The van der Waals surface area contributed by atoms with Gasteiger partial charge in [0.1, 0.15) is 23.9 Å². The Balaban J connectivity index is 1.46. The van der Waals surface area contributed by atoms with Gasteiger partial charge in [0.05, 0.1) is 23.9 Å². The SMILES string of the molecule is COc1ccc(/C=N/NC(=O)c2cc3ccccc3cc2O)cc1COc1ccc(Cl)cc1Cl. The van der Waals surface area contributed by atoms with E-state index in [-0.39, 0.29) is 17.9 Å². The van der Waals surface area contributed by atoms with Gasteiger partial charge in [0.2, 0.25) is 0 Å². The third-order valence-corrected chi connectivity index (χ3v) is 5.60. The van der Waals surface area contributed by atoms with E-state index >= 15 is 0 Å². The number of carbonyl (C=O) groups excluding carboxylic acids is 1. The van der Waals surface area contributed by atoms with Crippen LogP contribution in [-0.4, -0.2) is 24.3 Å². The van der Waals surface area contributed by atoms with E-state index in [9.17, 15) is 9.90 Å². The molecule has 0 aromatic heterocycles. The number of phenols is 1. The van der Waals surface area contributed by atoms with Gasteiger partial charge in [0, 0.05) is 10.6 Å². The fourth-order valence-electron chi connectivity index (χ4n) is 3.38. The molecule has 0 aliphatic carbocycles. The standard InChI is InChI=1S/C26H20Cl2N2O4/c1-33-24-8-6-16(10-19(24)15-34-25-9-7-20(27)13-22(25)28)14-29-30-26(32)21-11-17-4-2-3-5-18(17)12-23(21)31/h2-14,31H,15H2,1H3,(H,30,32)/b29-14+. The Kier molecular flexibility index (Phi) is 7.21. The topological polar surface area (TPSA) is 80.2 Å². The third-order valence-electron chi connectivity index (χ3n) is 5.07. The normalized spacial score (nSPS) is 11.0. The fraction of sp³-hybridized carbons (Fsp3) is 0.0769. The molecule has 172 valence electrons. The van der Waals surface area contributed by atoms with E-state index in [1.165, 1.54) is 6.21 Å². The van der Waals surface area contributed by atoms with E-state index in [2.05, 4.69) is 10.5 Å². The molecule has 34 heavy (non-hydrogen) atoms. The summed E-state index contributed by atoms with van der Waals surface area (Å²) in [6.07, 6.45) is 1.49. The Morgan fingerprint density at radius 3 is 2.47 bits per heavy atom. The highest BCUT2D eigenvalue weighted by Gasteiger charge is 2.12. The van der Waals surface area contributed by atoms with Crippen molar-refractivity contribution >= 4 is 46.1 Å². The zero-order chi connectivity index (χ0) is 24.1. The molecule has 0 bridgehead atoms. The molecule has 2 N–H and O–H groups in total. The predicted octanol–water partition coefficient (Wildman–Crippen LogP) is 6.20. The van der Waals surface area contributed by atoms with Crippen molar-refractivity contribution in [3.8, 4) is 17.2 Å². The number of hydrazone groups is 1. The molecule has 0 heterocycles. The largest absolute Gasteiger partial charge is 0.507 e. The van der Waals surface area contributed by atoms with Crippen LogP contribution in [-0.2, 0) is 6.61 Å². The van der Waals surface area contributed by atoms with E-state index in [0.717, 1.165) is 16.3 Å². The van der Waals surface area contributed by atoms with Crippen LogP contribution in [0, 0.1) is 0 Å². The molecule has 0 aliphatic rings. The summed E-state index contributed by atoms with van der Waals surface area (Å²) < 4.78 is 11.2. The number of methoxy groups -OCH3 is 1. The minimum atomic E-state index is -0.519. The molecule has 0 saturated carbocycles. The van der Waals surface area contributed by atoms with Crippen LogP contribution in [0.4, 0.5) is 0 Å². The Morgan fingerprint density at radius 1 is 1.00 bits per heavy atom. The van der Waals surface area contributed by atoms with Gasteiger partial charge in [-0.1, -0.05) is 47.5 Å². The molecule has 8 heteroatoms. The number of halogens is 2. The molecular formula is C26H20Cl2N2O4. The van der Waals surface area contributed by atoms with Crippen molar-refractivity contribution in [3.05, 3.63) is 99.5 Å². The molecule has 4 rings (SSSR count). The molecule has 1 amide bonds. The van der Waals surface area contributed by atoms with Crippen molar-refractivity contribution < 1.29 is 19.4 Å². The molecule has 4 aromatic carbocycles. The van der Waals surface area contributed by atoms with Crippen molar-refractivity contribution in [1.82, 2.24) is 5.43 Å². The number of nitrogens with zero attached hydrogens (tertiary/aromatic N) is 1. The maximum atomic E-state index is 12.5. The van der Waals surface area contributed by atoms with Crippen molar-refractivity contribution in [2.45, 2.75) is 6.61 Å². The molecule has 4 aromatic rings. The zero-order valence-corrected chi connectivity index (χ0v) is 19.6. The number of ether oxygens (including phenoxy) is 2. The average Bonchev–Trinajstić information content (AvgIpc) is 2.83. The summed E-state index contributed by atoms with van der Waals surface area (Å²) in [4.78, 5) is 12.5. The van der Waals surface area contributed by atoms with Crippen LogP contribution in [0.25, 0.3) is 10.8 Å². The zero-order valence-electron chi connectivity index (χ0n) is 18.1. The maximum Gasteiger partial charge on any atom is 0.275 e. The first-order valence-corrected chi connectivity index (χ1v) is 11.0. The second-order valence-corrected chi connectivity index (χ2v) is 8.19. The Bertz CT molecular complexity index is 1390. The summed E-state index contributed by atoms with van der Waals surface area (Å²) in [5.74, 6) is 0.493. The van der Waals surface area contributed by atoms with Gasteiger partial charge >= 0.3 is 0 Å². The maximum absolute atomic E-state index is 12.5. The highest BCUT2D eigenvalue weighted by atomic mass is 35.5. The first-order valence-electron chi connectivity index (χ1n) is 10.2. The number of aromatic hydroxyl groups is 1. The lowest BCUT2D eigenvalue weighted by Crippen LogP contribution is -2.17. The predicted molar refractivity (Wildman–Crippen MR) is 134 cm³/mol. The average molecular weight is 495 g/mol. The number of benzene rings is 4. The van der Waals surface area contributed by atoms with Crippen molar-refractivity contribution in [2.75, 3.05) is 7.11 Å². The number of nitrogens with one attached hydrogen (secondary N) is 1. The Labute approximate surface area is 206 Å². The van der Waals surface area contributed by atoms with E-state index in [4.69, 9.17) is 32.7 Å². The summed E-state index contributed by atoms with van der Waals surface area (Å²) in [7, 11) is 1.57. The van der Waals surface area contributed by atoms with Gasteiger partial charge in [-0.3, -0.25) is 4.79 Å².